The van der Waals surface area contributed by atoms with Crippen LogP contribution in [0.4, 0.5) is 0 Å². The van der Waals surface area contributed by atoms with Crippen LogP contribution in [0.1, 0.15) is 68.3 Å². The van der Waals surface area contributed by atoms with Crippen molar-refractivity contribution in [2.45, 2.75) is 65.3 Å². The van der Waals surface area contributed by atoms with Crippen LogP contribution in [-0.4, -0.2) is 23.0 Å². The lowest BCUT2D eigenvalue weighted by atomic mass is 9.44. The number of carboxylic acid groups (broad SMARTS) is 1. The van der Waals surface area contributed by atoms with E-state index in [1.165, 1.54) is 17.4 Å². The topological polar surface area (TPSA) is 66.4 Å². The molecular weight excluding hydrogens is 406 g/mol. The first-order valence-corrected chi connectivity index (χ1v) is 12.3. The van der Waals surface area contributed by atoms with E-state index in [-0.39, 0.29) is 18.4 Å². The second-order valence-electron chi connectivity index (χ2n) is 9.93. The highest BCUT2D eigenvalue weighted by Gasteiger charge is 2.57. The van der Waals surface area contributed by atoms with Crippen LogP contribution in [0.25, 0.3) is 10.1 Å². The molecule has 5 heteroatoms. The number of rotatable bonds is 8. The molecule has 1 heterocycles. The fraction of sp³-hybridized carbons (Fsp3) is 0.538. The van der Waals surface area contributed by atoms with Crippen LogP contribution in [0.2, 0.25) is 0 Å². The minimum atomic E-state index is -0.735. The van der Waals surface area contributed by atoms with Gasteiger partial charge in [-0.1, -0.05) is 38.1 Å². The largest absolute Gasteiger partial charge is 0.481 e. The monoisotopic (exact) mass is 439 g/mol. The Balaban J connectivity index is 1.46. The summed E-state index contributed by atoms with van der Waals surface area (Å²) in [7, 11) is 0. The van der Waals surface area contributed by atoms with Crippen LogP contribution in [-0.2, 0) is 4.79 Å². The number of unbranched alkanes of at least 4 members (excludes halogenated alkanes) is 1. The van der Waals surface area contributed by atoms with Crippen molar-refractivity contribution >= 4 is 33.3 Å². The predicted octanol–water partition coefficient (Wildman–Crippen LogP) is 6.19. The van der Waals surface area contributed by atoms with Crippen molar-refractivity contribution in [1.82, 2.24) is 5.32 Å². The van der Waals surface area contributed by atoms with E-state index < -0.39 is 5.97 Å². The number of carbonyl (C=O) groups is 2. The van der Waals surface area contributed by atoms with Gasteiger partial charge in [0, 0.05) is 17.2 Å². The molecule has 3 aliphatic carbocycles. The lowest BCUT2D eigenvalue weighted by Crippen LogP contribution is -2.61. The summed E-state index contributed by atoms with van der Waals surface area (Å²) in [5.74, 6) is 1.05. The van der Waals surface area contributed by atoms with E-state index in [1.54, 1.807) is 11.3 Å². The van der Waals surface area contributed by atoms with E-state index in [2.05, 4.69) is 49.7 Å². The maximum Gasteiger partial charge on any atom is 0.303 e. The van der Waals surface area contributed by atoms with Crippen molar-refractivity contribution in [1.29, 1.82) is 0 Å². The molecule has 1 aromatic heterocycles. The van der Waals surface area contributed by atoms with Gasteiger partial charge in [-0.05, 0) is 84.6 Å². The Hall–Kier alpha value is -2.14. The lowest BCUT2D eigenvalue weighted by Gasteiger charge is -2.62. The molecule has 3 saturated carbocycles. The van der Waals surface area contributed by atoms with E-state index >= 15 is 0 Å². The summed E-state index contributed by atoms with van der Waals surface area (Å²) in [6.45, 7) is 6.85. The van der Waals surface area contributed by atoms with Crippen LogP contribution in [0.5, 0.6) is 0 Å². The van der Waals surface area contributed by atoms with Crippen LogP contribution in [0.3, 0.4) is 0 Å². The van der Waals surface area contributed by atoms with Crippen molar-refractivity contribution in [2.75, 3.05) is 0 Å². The first-order chi connectivity index (χ1) is 14.8. The predicted molar refractivity (Wildman–Crippen MR) is 127 cm³/mol. The van der Waals surface area contributed by atoms with Gasteiger partial charge in [-0.25, -0.2) is 0 Å². The number of hydrogen-bond donors (Lipinski definition) is 2. The van der Waals surface area contributed by atoms with E-state index in [0.29, 0.717) is 29.6 Å². The summed E-state index contributed by atoms with van der Waals surface area (Å²) in [4.78, 5) is 23.9. The van der Waals surface area contributed by atoms with Gasteiger partial charge in [0.2, 0.25) is 0 Å². The number of fused-ring (bicyclic) bond motifs is 3. The number of amides is 1. The quantitative estimate of drug-likeness (QED) is 0.381. The highest BCUT2D eigenvalue weighted by atomic mass is 32.1. The number of allylic oxidation sites excluding steroid dienone is 2. The van der Waals surface area contributed by atoms with Crippen molar-refractivity contribution in [3.63, 3.8) is 0 Å². The third kappa shape index (κ3) is 4.30. The van der Waals surface area contributed by atoms with Crippen molar-refractivity contribution in [3.05, 3.63) is 46.9 Å². The minimum absolute atomic E-state index is 0.0481. The smallest absolute Gasteiger partial charge is 0.303 e. The molecule has 166 valence electrons. The Morgan fingerprint density at radius 1 is 1.26 bits per heavy atom. The average Bonchev–Trinajstić information content (AvgIpc) is 3.11. The van der Waals surface area contributed by atoms with E-state index in [9.17, 15) is 9.59 Å². The number of hydrogen-bond acceptors (Lipinski definition) is 3. The summed E-state index contributed by atoms with van der Waals surface area (Å²) in [5.41, 5.74) is 2.35. The highest BCUT2D eigenvalue weighted by Crippen LogP contribution is 2.62. The van der Waals surface area contributed by atoms with Crippen molar-refractivity contribution < 1.29 is 14.7 Å². The average molecular weight is 440 g/mol. The molecule has 1 aromatic carbocycles. The number of thiophene rings is 1. The second kappa shape index (κ2) is 8.78. The molecule has 31 heavy (non-hydrogen) atoms. The highest BCUT2D eigenvalue weighted by molar-refractivity contribution is 7.17. The van der Waals surface area contributed by atoms with Gasteiger partial charge in [0.05, 0.1) is 5.56 Å². The molecule has 1 unspecified atom stereocenters. The summed E-state index contributed by atoms with van der Waals surface area (Å²) in [6, 6.07) is 6.21. The van der Waals surface area contributed by atoms with Crippen LogP contribution in [0.15, 0.2) is 35.7 Å². The molecule has 0 spiro atoms. The van der Waals surface area contributed by atoms with Gasteiger partial charge in [-0.2, -0.15) is 0 Å². The maximum absolute atomic E-state index is 13.3. The Labute approximate surface area is 188 Å². The Bertz CT molecular complexity index is 1010. The number of nitrogens with one attached hydrogen (secondary N) is 1. The molecular formula is C26H33NO3S. The number of carboxylic acids is 1. The number of carbonyl (C=O) groups excluding carboxylic acids is 1. The van der Waals surface area contributed by atoms with Gasteiger partial charge < -0.3 is 10.4 Å². The summed E-state index contributed by atoms with van der Waals surface area (Å²) < 4.78 is 1.08. The molecule has 0 radical (unpaired) electrons. The molecule has 2 aromatic rings. The Morgan fingerprint density at radius 2 is 2.06 bits per heavy atom. The van der Waals surface area contributed by atoms with E-state index in [4.69, 9.17) is 5.11 Å². The van der Waals surface area contributed by atoms with Gasteiger partial charge >= 0.3 is 5.97 Å². The van der Waals surface area contributed by atoms with Gasteiger partial charge in [0.1, 0.15) is 0 Å². The minimum Gasteiger partial charge on any atom is -0.481 e. The molecule has 3 aliphatic rings. The maximum atomic E-state index is 13.3. The van der Waals surface area contributed by atoms with Gasteiger partial charge in [0.15, 0.2) is 0 Å². The third-order valence-electron chi connectivity index (χ3n) is 7.81. The van der Waals surface area contributed by atoms with Gasteiger partial charge in [0.25, 0.3) is 5.91 Å². The SMILES string of the molecule is Cc1csc2c(C(=O)NC3C[C@H]4C[C@@H]([C@H]3CC=CCCCC(=O)O)C4(C)C)cccc12. The molecule has 1 amide bonds. The number of benzene rings is 1. The molecule has 4 nitrogen and oxygen atoms in total. The zero-order valence-corrected chi connectivity index (χ0v) is 19.5. The first kappa shape index (κ1) is 22.1. The number of aliphatic carboxylic acids is 1. The van der Waals surface area contributed by atoms with Crippen molar-refractivity contribution in [2.24, 2.45) is 23.2 Å². The fourth-order valence-electron chi connectivity index (χ4n) is 5.79. The summed E-state index contributed by atoms with van der Waals surface area (Å²) >= 11 is 1.65. The van der Waals surface area contributed by atoms with E-state index in [1.807, 2.05) is 12.1 Å². The molecule has 2 bridgehead atoms. The molecule has 0 aliphatic heterocycles. The molecule has 2 N–H and O–H groups in total. The zero-order chi connectivity index (χ0) is 22.2. The van der Waals surface area contributed by atoms with Crippen LogP contribution < -0.4 is 5.32 Å². The van der Waals surface area contributed by atoms with E-state index in [0.717, 1.165) is 29.5 Å². The molecule has 4 atom stereocenters. The van der Waals surface area contributed by atoms with Crippen LogP contribution in [0, 0.1) is 30.1 Å². The molecule has 0 saturated heterocycles. The second-order valence-corrected chi connectivity index (χ2v) is 10.8. The standard InChI is InChI=1S/C26H33NO3S/c1-16-15-31-24-18(16)10-8-11-20(24)25(30)27-22-14-17-13-21(26(17,2)3)19(22)9-6-4-5-7-12-23(28)29/h4,6,8,10-11,15,17,19,21-22H,5,7,9,12-14H2,1-3H3,(H,27,30)(H,28,29)/t17-,19-,21+,22?/m1/s1. The van der Waals surface area contributed by atoms with Gasteiger partial charge in [-0.15, -0.1) is 11.3 Å². The molecule has 3 fully saturated rings. The zero-order valence-electron chi connectivity index (χ0n) is 18.7. The van der Waals surface area contributed by atoms with Gasteiger partial charge in [-0.3, -0.25) is 9.59 Å². The Kier molecular flexibility index (Phi) is 6.25. The lowest BCUT2D eigenvalue weighted by molar-refractivity contribution is -0.137. The summed E-state index contributed by atoms with van der Waals surface area (Å²) in [5, 5.41) is 15.5. The van der Waals surface area contributed by atoms with Crippen LogP contribution >= 0.6 is 11.3 Å². The Morgan fingerprint density at radius 3 is 2.81 bits per heavy atom. The number of aryl methyl sites for hydroxylation is 1. The van der Waals surface area contributed by atoms with Crippen molar-refractivity contribution in [3.8, 4) is 0 Å². The normalized spacial score (nSPS) is 26.7. The third-order valence-corrected chi connectivity index (χ3v) is 8.96. The first-order valence-electron chi connectivity index (χ1n) is 11.4. The molecule has 5 rings (SSSR count). The summed E-state index contributed by atoms with van der Waals surface area (Å²) in [6.07, 6.45) is 9.28. The fourth-order valence-corrected chi connectivity index (χ4v) is 6.86.